The van der Waals surface area contributed by atoms with Gasteiger partial charge in [-0.25, -0.2) is 13.1 Å². The largest absolute Gasteiger partial charge is 0.280 e. The molecule has 124 valence electrons. The number of anilines is 1. The molecule has 1 heterocycles. The van der Waals surface area contributed by atoms with E-state index in [4.69, 9.17) is 0 Å². The van der Waals surface area contributed by atoms with Crippen molar-refractivity contribution in [3.05, 3.63) is 73.1 Å². The van der Waals surface area contributed by atoms with Crippen molar-refractivity contribution in [3.8, 4) is 5.69 Å². The maximum atomic E-state index is 12.7. The van der Waals surface area contributed by atoms with E-state index in [9.17, 15) is 8.42 Å². The zero-order valence-corrected chi connectivity index (χ0v) is 13.8. The molecule has 4 rings (SSSR count). The van der Waals surface area contributed by atoms with Gasteiger partial charge < -0.3 is 0 Å². The highest BCUT2D eigenvalue weighted by Gasteiger charge is 2.15. The molecule has 25 heavy (non-hydrogen) atoms. The summed E-state index contributed by atoms with van der Waals surface area (Å²) in [6, 6.07) is 19.5. The Kier molecular flexibility index (Phi) is 3.66. The predicted molar refractivity (Wildman–Crippen MR) is 93.9 cm³/mol. The first-order valence-electron chi connectivity index (χ1n) is 7.47. The van der Waals surface area contributed by atoms with Gasteiger partial charge in [-0.05, 0) is 51.5 Å². The molecule has 0 aliphatic rings. The number of nitrogens with zero attached hydrogens (tertiary/aromatic N) is 4. The Hall–Kier alpha value is -3.26. The van der Waals surface area contributed by atoms with E-state index in [2.05, 4.69) is 20.2 Å². The van der Waals surface area contributed by atoms with Crippen molar-refractivity contribution in [2.45, 2.75) is 4.90 Å². The maximum Gasteiger partial charge on any atom is 0.261 e. The Labute approximate surface area is 144 Å². The highest BCUT2D eigenvalue weighted by Crippen LogP contribution is 2.22. The molecule has 8 heteroatoms. The van der Waals surface area contributed by atoms with Crippen LogP contribution in [0.1, 0.15) is 0 Å². The third kappa shape index (κ3) is 3.07. The van der Waals surface area contributed by atoms with Crippen LogP contribution >= 0.6 is 0 Å². The molecule has 3 aromatic carbocycles. The number of tetrazole rings is 1. The average molecular weight is 351 g/mol. The van der Waals surface area contributed by atoms with Crippen LogP contribution in [-0.4, -0.2) is 28.6 Å². The number of hydrogen-bond acceptors (Lipinski definition) is 5. The Morgan fingerprint density at radius 3 is 2.52 bits per heavy atom. The Balaban J connectivity index is 1.68. The second kappa shape index (κ2) is 5.99. The number of nitrogens with one attached hydrogen (secondary N) is 1. The van der Waals surface area contributed by atoms with Crippen molar-refractivity contribution < 1.29 is 8.42 Å². The molecule has 0 saturated heterocycles. The topological polar surface area (TPSA) is 89.8 Å². The summed E-state index contributed by atoms with van der Waals surface area (Å²) in [4.78, 5) is 0.207. The third-order valence-electron chi connectivity index (χ3n) is 3.74. The smallest absolute Gasteiger partial charge is 0.261 e. The van der Waals surface area contributed by atoms with Crippen LogP contribution < -0.4 is 4.72 Å². The molecule has 0 fully saturated rings. The molecule has 0 aliphatic heterocycles. The van der Waals surface area contributed by atoms with Gasteiger partial charge in [-0.1, -0.05) is 36.4 Å². The van der Waals surface area contributed by atoms with Crippen molar-refractivity contribution in [2.24, 2.45) is 0 Å². The standard InChI is InChI=1S/C17H13N5O2S/c23-25(24,17-9-8-13-4-1-2-5-14(13)10-17)19-15-6-3-7-16(11-15)22-12-18-20-21-22/h1-12,19H. The fourth-order valence-electron chi connectivity index (χ4n) is 2.54. The van der Waals surface area contributed by atoms with Gasteiger partial charge in [0, 0.05) is 0 Å². The van der Waals surface area contributed by atoms with Gasteiger partial charge in [0.25, 0.3) is 10.0 Å². The molecule has 0 radical (unpaired) electrons. The third-order valence-corrected chi connectivity index (χ3v) is 5.12. The number of fused-ring (bicyclic) bond motifs is 1. The summed E-state index contributed by atoms with van der Waals surface area (Å²) >= 11 is 0. The fourth-order valence-corrected chi connectivity index (χ4v) is 3.62. The van der Waals surface area contributed by atoms with Gasteiger partial charge in [-0.15, -0.1) is 5.10 Å². The number of sulfonamides is 1. The molecule has 0 saturated carbocycles. The van der Waals surface area contributed by atoms with Crippen LogP contribution in [0.15, 0.2) is 78.0 Å². The van der Waals surface area contributed by atoms with Crippen LogP contribution in [0.4, 0.5) is 5.69 Å². The Morgan fingerprint density at radius 2 is 1.72 bits per heavy atom. The summed E-state index contributed by atoms with van der Waals surface area (Å²) in [5, 5.41) is 12.8. The van der Waals surface area contributed by atoms with Gasteiger partial charge in [0.1, 0.15) is 6.33 Å². The van der Waals surface area contributed by atoms with E-state index >= 15 is 0 Å². The number of hydrogen-bond donors (Lipinski definition) is 1. The highest BCUT2D eigenvalue weighted by molar-refractivity contribution is 7.92. The SMILES string of the molecule is O=S(=O)(Nc1cccc(-n2cnnn2)c1)c1ccc2ccccc2c1. The molecule has 0 unspecified atom stereocenters. The van der Waals surface area contributed by atoms with Crippen LogP contribution in [0.25, 0.3) is 16.5 Å². The van der Waals surface area contributed by atoms with Gasteiger partial charge in [0.05, 0.1) is 16.3 Å². The molecule has 1 aromatic heterocycles. The van der Waals surface area contributed by atoms with Crippen molar-refractivity contribution in [2.75, 3.05) is 4.72 Å². The molecule has 0 aliphatic carbocycles. The van der Waals surface area contributed by atoms with Gasteiger partial charge in [0.15, 0.2) is 0 Å². The van der Waals surface area contributed by atoms with Gasteiger partial charge in [0.2, 0.25) is 0 Å². The minimum Gasteiger partial charge on any atom is -0.280 e. The Morgan fingerprint density at radius 1 is 0.880 bits per heavy atom. The van der Waals surface area contributed by atoms with Crippen molar-refractivity contribution in [1.29, 1.82) is 0 Å². The van der Waals surface area contributed by atoms with Gasteiger partial charge >= 0.3 is 0 Å². The molecular formula is C17H13N5O2S. The quantitative estimate of drug-likeness (QED) is 0.610. The minimum atomic E-state index is -3.70. The highest BCUT2D eigenvalue weighted by atomic mass is 32.2. The Bertz CT molecular complexity index is 1140. The van der Waals surface area contributed by atoms with Crippen molar-refractivity contribution in [3.63, 3.8) is 0 Å². The zero-order valence-electron chi connectivity index (χ0n) is 12.9. The predicted octanol–water partition coefficient (Wildman–Crippen LogP) is 2.62. The van der Waals surface area contributed by atoms with E-state index < -0.39 is 10.0 Å². The summed E-state index contributed by atoms with van der Waals surface area (Å²) in [5.74, 6) is 0. The van der Waals surface area contributed by atoms with E-state index in [1.807, 2.05) is 24.3 Å². The van der Waals surface area contributed by atoms with Crippen LogP contribution in [0.2, 0.25) is 0 Å². The summed E-state index contributed by atoms with van der Waals surface area (Å²) in [7, 11) is -3.70. The molecule has 0 spiro atoms. The first-order valence-corrected chi connectivity index (χ1v) is 8.95. The van der Waals surface area contributed by atoms with Crippen molar-refractivity contribution in [1.82, 2.24) is 20.2 Å². The minimum absolute atomic E-state index is 0.207. The molecule has 1 N–H and O–H groups in total. The lowest BCUT2D eigenvalue weighted by molar-refractivity contribution is 0.601. The maximum absolute atomic E-state index is 12.7. The van der Waals surface area contributed by atoms with Crippen LogP contribution in [-0.2, 0) is 10.0 Å². The molecule has 4 aromatic rings. The van der Waals surface area contributed by atoms with Crippen LogP contribution in [0.3, 0.4) is 0 Å². The van der Waals surface area contributed by atoms with E-state index in [0.29, 0.717) is 11.4 Å². The summed E-state index contributed by atoms with van der Waals surface area (Å²) in [5.41, 5.74) is 1.09. The second-order valence-electron chi connectivity index (χ2n) is 5.42. The first-order chi connectivity index (χ1) is 12.1. The molecule has 0 bridgehead atoms. The summed E-state index contributed by atoms with van der Waals surface area (Å²) in [6.07, 6.45) is 1.44. The van der Waals surface area contributed by atoms with E-state index in [-0.39, 0.29) is 4.90 Å². The molecule has 7 nitrogen and oxygen atoms in total. The average Bonchev–Trinajstić information content (AvgIpc) is 3.16. The summed E-state index contributed by atoms with van der Waals surface area (Å²) in [6.45, 7) is 0. The lowest BCUT2D eigenvalue weighted by Crippen LogP contribution is -2.13. The first kappa shape index (κ1) is 15.3. The van der Waals surface area contributed by atoms with Gasteiger partial charge in [-0.2, -0.15) is 0 Å². The monoisotopic (exact) mass is 351 g/mol. The fraction of sp³-hybridized carbons (Fsp3) is 0. The molecule has 0 amide bonds. The lowest BCUT2D eigenvalue weighted by atomic mass is 10.1. The summed E-state index contributed by atoms with van der Waals surface area (Å²) < 4.78 is 29.4. The number of rotatable bonds is 4. The van der Waals surface area contributed by atoms with E-state index in [1.165, 1.54) is 11.0 Å². The van der Waals surface area contributed by atoms with Crippen LogP contribution in [0, 0.1) is 0 Å². The zero-order chi connectivity index (χ0) is 17.3. The lowest BCUT2D eigenvalue weighted by Gasteiger charge is -2.10. The number of benzene rings is 3. The van der Waals surface area contributed by atoms with Crippen LogP contribution in [0.5, 0.6) is 0 Å². The van der Waals surface area contributed by atoms with Gasteiger partial charge in [-0.3, -0.25) is 4.72 Å². The number of aromatic nitrogens is 4. The normalized spacial score (nSPS) is 11.5. The van der Waals surface area contributed by atoms with Crippen molar-refractivity contribution >= 4 is 26.5 Å². The molecule has 0 atom stereocenters. The molecular weight excluding hydrogens is 338 g/mol. The second-order valence-corrected chi connectivity index (χ2v) is 7.10. The van der Waals surface area contributed by atoms with E-state index in [0.717, 1.165) is 10.8 Å². The van der Waals surface area contributed by atoms with E-state index in [1.54, 1.807) is 42.5 Å².